The first kappa shape index (κ1) is 25.9. The highest BCUT2D eigenvalue weighted by molar-refractivity contribution is 7.86. The zero-order valence-corrected chi connectivity index (χ0v) is 19.5. The molecular weight excluding hydrogens is 530 g/mol. The van der Waals surface area contributed by atoms with Gasteiger partial charge in [-0.25, -0.2) is 4.79 Å². The number of carbonyl (C=O) groups excluding carboxylic acids is 1. The summed E-state index contributed by atoms with van der Waals surface area (Å²) in [6, 6.07) is 6.38. The van der Waals surface area contributed by atoms with Crippen LogP contribution in [0, 0.1) is 0 Å². The molecule has 0 spiro atoms. The molecule has 0 radical (unpaired) electrons. The average molecular weight is 546 g/mol. The van der Waals surface area contributed by atoms with Crippen molar-refractivity contribution in [3.8, 4) is 5.75 Å². The number of nitrogens with two attached hydrogens (primary N) is 2. The molecule has 1 atom stereocenters. The first-order valence-electron chi connectivity index (χ1n) is 8.89. The summed E-state index contributed by atoms with van der Waals surface area (Å²) in [5.41, 5.74) is 10.7. The Bertz CT molecular complexity index is 1620. The van der Waals surface area contributed by atoms with Crippen molar-refractivity contribution in [1.82, 2.24) is 0 Å². The predicted molar refractivity (Wildman–Crippen MR) is 123 cm³/mol. The smallest absolute Gasteiger partial charge is 0.357 e. The molecule has 3 aromatic carbocycles. The van der Waals surface area contributed by atoms with Gasteiger partial charge in [-0.2, -0.15) is 21.0 Å². The minimum Gasteiger partial charge on any atom is -0.399 e. The second kappa shape index (κ2) is 9.52. The topological polar surface area (TPSA) is 261 Å². The number of urea groups is 1. The maximum atomic E-state index is 11.9. The molecule has 186 valence electrons. The predicted octanol–water partition coefficient (Wildman–Crippen LogP) is 2.34. The van der Waals surface area contributed by atoms with Crippen LogP contribution in [0.4, 0.5) is 27.5 Å². The molecule has 0 bridgehead atoms. The van der Waals surface area contributed by atoms with E-state index < -0.39 is 53.2 Å². The third-order valence-electron chi connectivity index (χ3n) is 4.25. The third-order valence-corrected chi connectivity index (χ3v) is 6.30. The van der Waals surface area contributed by atoms with Crippen molar-refractivity contribution in [2.24, 2.45) is 16.0 Å². The number of fused-ring (bicyclic) bond motifs is 1. The molecule has 0 fully saturated rings. The SMILES string of the molecule is NC(=O)Nc1cc(N)ccc1N=Nc1cc2c(S(=O)(=O)O)cc(S(=O)(=O)O)cc2cc1OS(=O)O. The van der Waals surface area contributed by atoms with E-state index in [9.17, 15) is 34.9 Å². The molecule has 35 heavy (non-hydrogen) atoms. The number of carbonyl (C=O) groups is 1. The molecule has 0 aliphatic rings. The highest BCUT2D eigenvalue weighted by Gasteiger charge is 2.22. The van der Waals surface area contributed by atoms with Crippen LogP contribution in [-0.4, -0.2) is 40.7 Å². The lowest BCUT2D eigenvalue weighted by Crippen LogP contribution is -2.19. The molecule has 15 nitrogen and oxygen atoms in total. The summed E-state index contributed by atoms with van der Waals surface area (Å²) in [5.74, 6) is -0.462. The number of rotatable bonds is 7. The molecule has 1 unspecified atom stereocenters. The summed E-state index contributed by atoms with van der Waals surface area (Å²) < 4.78 is 91.0. The molecule has 3 aromatic rings. The fraction of sp³-hybridized carbons (Fsp3) is 0. The van der Waals surface area contributed by atoms with Crippen LogP contribution < -0.4 is 21.0 Å². The van der Waals surface area contributed by atoms with Crippen molar-refractivity contribution < 1.29 is 43.7 Å². The van der Waals surface area contributed by atoms with Gasteiger partial charge in [0.2, 0.25) is 0 Å². The summed E-state index contributed by atoms with van der Waals surface area (Å²) in [6.07, 6.45) is 0. The second-order valence-electron chi connectivity index (χ2n) is 6.68. The van der Waals surface area contributed by atoms with Crippen LogP contribution in [0.15, 0.2) is 62.5 Å². The van der Waals surface area contributed by atoms with Gasteiger partial charge in [-0.3, -0.25) is 13.7 Å². The number of primary amides is 1. The molecule has 3 rings (SSSR count). The fourth-order valence-electron chi connectivity index (χ4n) is 2.88. The number of benzene rings is 3. The van der Waals surface area contributed by atoms with E-state index in [0.29, 0.717) is 6.07 Å². The van der Waals surface area contributed by atoms with E-state index in [0.717, 1.165) is 18.2 Å². The van der Waals surface area contributed by atoms with E-state index >= 15 is 0 Å². The van der Waals surface area contributed by atoms with Crippen LogP contribution in [0.3, 0.4) is 0 Å². The van der Waals surface area contributed by atoms with Gasteiger partial charge in [-0.15, -0.1) is 10.2 Å². The lowest BCUT2D eigenvalue weighted by molar-refractivity contribution is 0.259. The molecule has 8 N–H and O–H groups in total. The first-order valence-corrected chi connectivity index (χ1v) is 12.8. The molecule has 0 aliphatic heterocycles. The van der Waals surface area contributed by atoms with Gasteiger partial charge in [0, 0.05) is 11.1 Å². The number of anilines is 2. The van der Waals surface area contributed by atoms with Gasteiger partial charge in [0.25, 0.3) is 20.2 Å². The summed E-state index contributed by atoms with van der Waals surface area (Å²) in [7, 11) is -9.94. The summed E-state index contributed by atoms with van der Waals surface area (Å²) in [6.45, 7) is 0. The number of amides is 2. The number of hydrogen-bond acceptors (Lipinski definition) is 10. The zero-order chi connectivity index (χ0) is 26.1. The fourth-order valence-corrected chi connectivity index (χ4v) is 4.52. The van der Waals surface area contributed by atoms with E-state index in [2.05, 4.69) is 15.5 Å². The summed E-state index contributed by atoms with van der Waals surface area (Å²) >= 11 is -2.90. The largest absolute Gasteiger partial charge is 0.399 e. The van der Waals surface area contributed by atoms with Crippen molar-refractivity contribution in [3.05, 3.63) is 42.5 Å². The van der Waals surface area contributed by atoms with E-state index in [1.54, 1.807) is 0 Å². The zero-order valence-electron chi connectivity index (χ0n) is 17.0. The second-order valence-corrected chi connectivity index (χ2v) is 10.1. The number of nitrogens with one attached hydrogen (secondary N) is 1. The molecule has 0 heterocycles. The first-order chi connectivity index (χ1) is 16.1. The van der Waals surface area contributed by atoms with Crippen LogP contribution in [0.5, 0.6) is 5.75 Å². The van der Waals surface area contributed by atoms with E-state index in [1.165, 1.54) is 18.2 Å². The van der Waals surface area contributed by atoms with Gasteiger partial charge in [0.1, 0.15) is 16.3 Å². The van der Waals surface area contributed by atoms with Gasteiger partial charge in [-0.05, 0) is 47.9 Å². The van der Waals surface area contributed by atoms with Crippen molar-refractivity contribution in [2.75, 3.05) is 11.1 Å². The Morgan fingerprint density at radius 3 is 2.20 bits per heavy atom. The van der Waals surface area contributed by atoms with Crippen LogP contribution in [0.1, 0.15) is 0 Å². The van der Waals surface area contributed by atoms with Crippen molar-refractivity contribution in [2.45, 2.75) is 9.79 Å². The van der Waals surface area contributed by atoms with Gasteiger partial charge in [0.05, 0.1) is 10.6 Å². The minimum atomic E-state index is -5.03. The Morgan fingerprint density at radius 1 is 0.971 bits per heavy atom. The number of hydrogen-bond donors (Lipinski definition) is 6. The molecule has 0 saturated heterocycles. The molecule has 2 amide bonds. The number of nitrogens with zero attached hydrogens (tertiary/aromatic N) is 2. The Labute approximate surface area is 199 Å². The maximum Gasteiger partial charge on any atom is 0.357 e. The van der Waals surface area contributed by atoms with Crippen LogP contribution in [0.2, 0.25) is 0 Å². The molecule has 0 aromatic heterocycles. The van der Waals surface area contributed by atoms with E-state index in [4.69, 9.17) is 20.2 Å². The Hall–Kier alpha value is -3.68. The highest BCUT2D eigenvalue weighted by atomic mass is 32.2. The molecule has 18 heteroatoms. The minimum absolute atomic E-state index is 0.0193. The van der Waals surface area contributed by atoms with Gasteiger partial charge in [0.15, 0.2) is 5.75 Å². The number of azo groups is 1. The average Bonchev–Trinajstić information content (AvgIpc) is 2.70. The van der Waals surface area contributed by atoms with Gasteiger partial charge in [-0.1, -0.05) is 0 Å². The van der Waals surface area contributed by atoms with Crippen LogP contribution >= 0.6 is 0 Å². The maximum absolute atomic E-state index is 11.9. The number of nitrogen functional groups attached to an aromatic ring is 1. The monoisotopic (exact) mass is 545 g/mol. The molecular formula is C17H15N5O10S3. The van der Waals surface area contributed by atoms with E-state index in [-0.39, 0.29) is 33.5 Å². The Kier molecular flexibility index (Phi) is 7.06. The molecule has 0 saturated carbocycles. The lowest BCUT2D eigenvalue weighted by Gasteiger charge is -2.11. The van der Waals surface area contributed by atoms with Crippen molar-refractivity contribution in [1.29, 1.82) is 0 Å². The van der Waals surface area contributed by atoms with Crippen molar-refractivity contribution >= 4 is 71.2 Å². The Morgan fingerprint density at radius 2 is 1.63 bits per heavy atom. The summed E-state index contributed by atoms with van der Waals surface area (Å²) in [5, 5.41) is 9.48. The standard InChI is InChI=1S/C17H15N5O10S3/c18-9-1-2-12(13(5-9)20-17(19)23)21-22-14-7-11-8(4-15(14)32-33(24)25)3-10(34(26,27)28)6-16(11)35(29,30)31/h1-7H,18H2,(H,24,25)(H3,19,20,23)(H,26,27,28)(H,29,30,31). The quantitative estimate of drug-likeness (QED) is 0.109. The van der Waals surface area contributed by atoms with Gasteiger partial charge >= 0.3 is 17.4 Å². The molecule has 0 aliphatic carbocycles. The Balaban J connectivity index is 2.29. The summed E-state index contributed by atoms with van der Waals surface area (Å²) in [4.78, 5) is 9.43. The van der Waals surface area contributed by atoms with Gasteiger partial charge < -0.3 is 21.0 Å². The van der Waals surface area contributed by atoms with Crippen LogP contribution in [-0.2, 0) is 31.6 Å². The van der Waals surface area contributed by atoms with Crippen molar-refractivity contribution in [3.63, 3.8) is 0 Å². The third kappa shape index (κ3) is 6.26. The highest BCUT2D eigenvalue weighted by Crippen LogP contribution is 2.39. The van der Waals surface area contributed by atoms with E-state index in [1.807, 2.05) is 0 Å². The normalized spacial score (nSPS) is 13.1. The lowest BCUT2D eigenvalue weighted by atomic mass is 10.1. The van der Waals surface area contributed by atoms with Crippen LogP contribution in [0.25, 0.3) is 10.8 Å².